The van der Waals surface area contributed by atoms with Crippen LogP contribution in [0.3, 0.4) is 0 Å². The van der Waals surface area contributed by atoms with Gasteiger partial charge in [0.25, 0.3) is 0 Å². The van der Waals surface area contributed by atoms with E-state index in [-0.39, 0.29) is 24.4 Å². The van der Waals surface area contributed by atoms with E-state index in [4.69, 9.17) is 9.47 Å². The van der Waals surface area contributed by atoms with Crippen LogP contribution >= 0.6 is 0 Å². The summed E-state index contributed by atoms with van der Waals surface area (Å²) >= 11 is 0. The fourth-order valence-corrected chi connectivity index (χ4v) is 1.42. The Balaban J connectivity index is 3.92. The van der Waals surface area contributed by atoms with Gasteiger partial charge >= 0.3 is 11.9 Å². The fraction of sp³-hybridized carbons (Fsp3) is 0.833. The van der Waals surface area contributed by atoms with E-state index in [9.17, 15) is 9.59 Å². The minimum atomic E-state index is -0.325. The van der Waals surface area contributed by atoms with E-state index in [0.717, 1.165) is 6.42 Å². The molecule has 5 nitrogen and oxygen atoms in total. The van der Waals surface area contributed by atoms with Crippen LogP contribution in [0.1, 0.15) is 40.0 Å². The van der Waals surface area contributed by atoms with E-state index in [0.29, 0.717) is 26.2 Å². The van der Waals surface area contributed by atoms with Crippen LogP contribution in [0, 0.1) is 0 Å². The van der Waals surface area contributed by atoms with Gasteiger partial charge in [0.2, 0.25) is 0 Å². The molecule has 0 aliphatic heterocycles. The molecule has 17 heavy (non-hydrogen) atoms. The van der Waals surface area contributed by atoms with Crippen LogP contribution in [0.4, 0.5) is 0 Å². The van der Waals surface area contributed by atoms with Crippen molar-refractivity contribution in [1.82, 2.24) is 5.32 Å². The summed E-state index contributed by atoms with van der Waals surface area (Å²) in [5.74, 6) is -0.502. The van der Waals surface area contributed by atoms with Gasteiger partial charge in [0, 0.05) is 6.54 Å². The monoisotopic (exact) mass is 245 g/mol. The number of hydrogen-bond acceptors (Lipinski definition) is 5. The number of ether oxygens (including phenoxy) is 2. The predicted molar refractivity (Wildman–Crippen MR) is 64.6 cm³/mol. The van der Waals surface area contributed by atoms with Crippen LogP contribution in [-0.4, -0.2) is 37.7 Å². The van der Waals surface area contributed by atoms with Crippen molar-refractivity contribution in [2.24, 2.45) is 0 Å². The summed E-state index contributed by atoms with van der Waals surface area (Å²) in [6.07, 6.45) is 1.87. The number of rotatable bonds is 9. The van der Waals surface area contributed by atoms with E-state index >= 15 is 0 Å². The molecule has 0 spiro atoms. The maximum absolute atomic E-state index is 11.5. The summed E-state index contributed by atoms with van der Waals surface area (Å²) in [6.45, 7) is 6.73. The Morgan fingerprint density at radius 1 is 1.12 bits per heavy atom. The van der Waals surface area contributed by atoms with E-state index in [1.165, 1.54) is 0 Å². The number of esters is 2. The molecule has 5 heteroatoms. The number of carbonyl (C=O) groups excluding carboxylic acids is 2. The highest BCUT2D eigenvalue weighted by molar-refractivity contribution is 5.76. The van der Waals surface area contributed by atoms with Crippen LogP contribution in [0.5, 0.6) is 0 Å². The zero-order valence-electron chi connectivity index (χ0n) is 11.0. The molecular weight excluding hydrogens is 222 g/mol. The SMILES string of the molecule is CCCC(NCCC(=O)OCC)C(=O)OCC. The number of carbonyl (C=O) groups is 2. The van der Waals surface area contributed by atoms with Crippen molar-refractivity contribution < 1.29 is 19.1 Å². The maximum atomic E-state index is 11.5. The average Bonchev–Trinajstić information content (AvgIpc) is 2.28. The van der Waals surface area contributed by atoms with Gasteiger partial charge in [-0.05, 0) is 20.3 Å². The lowest BCUT2D eigenvalue weighted by atomic mass is 10.1. The van der Waals surface area contributed by atoms with E-state index in [2.05, 4.69) is 5.32 Å². The molecule has 1 unspecified atom stereocenters. The number of hydrogen-bond donors (Lipinski definition) is 1. The molecule has 0 heterocycles. The zero-order valence-corrected chi connectivity index (χ0v) is 11.0. The van der Waals surface area contributed by atoms with Crippen molar-refractivity contribution >= 4 is 11.9 Å². The molecule has 0 aliphatic rings. The molecule has 0 saturated carbocycles. The first-order valence-electron chi connectivity index (χ1n) is 6.21. The van der Waals surface area contributed by atoms with Crippen molar-refractivity contribution in [3.8, 4) is 0 Å². The normalized spacial score (nSPS) is 11.9. The first-order valence-corrected chi connectivity index (χ1v) is 6.21. The lowest BCUT2D eigenvalue weighted by Crippen LogP contribution is -2.39. The highest BCUT2D eigenvalue weighted by Crippen LogP contribution is 2.00. The highest BCUT2D eigenvalue weighted by Gasteiger charge is 2.18. The molecule has 0 saturated heterocycles. The summed E-state index contributed by atoms with van der Waals surface area (Å²) in [4.78, 5) is 22.6. The molecule has 0 aliphatic carbocycles. The van der Waals surface area contributed by atoms with E-state index in [1.54, 1.807) is 13.8 Å². The molecule has 0 aromatic heterocycles. The Labute approximate surface area is 103 Å². The first kappa shape index (κ1) is 15.9. The van der Waals surface area contributed by atoms with Crippen molar-refractivity contribution in [3.05, 3.63) is 0 Å². The molecule has 0 amide bonds. The lowest BCUT2D eigenvalue weighted by molar-refractivity contribution is -0.147. The summed E-state index contributed by atoms with van der Waals surface area (Å²) in [5.41, 5.74) is 0. The molecule has 0 fully saturated rings. The van der Waals surface area contributed by atoms with Crippen LogP contribution in [0.25, 0.3) is 0 Å². The molecule has 0 radical (unpaired) electrons. The lowest BCUT2D eigenvalue weighted by Gasteiger charge is -2.16. The van der Waals surface area contributed by atoms with Gasteiger partial charge in [0.15, 0.2) is 0 Å². The van der Waals surface area contributed by atoms with Crippen molar-refractivity contribution in [1.29, 1.82) is 0 Å². The molecule has 0 rings (SSSR count). The number of nitrogens with one attached hydrogen (secondary N) is 1. The van der Waals surface area contributed by atoms with Gasteiger partial charge in [-0.2, -0.15) is 0 Å². The van der Waals surface area contributed by atoms with Crippen LogP contribution in [-0.2, 0) is 19.1 Å². The van der Waals surface area contributed by atoms with Crippen molar-refractivity contribution in [2.75, 3.05) is 19.8 Å². The molecule has 0 aromatic rings. The third-order valence-corrected chi connectivity index (χ3v) is 2.17. The molecule has 0 aromatic carbocycles. The second kappa shape index (κ2) is 10.1. The molecular formula is C12H23NO4. The highest BCUT2D eigenvalue weighted by atomic mass is 16.5. The minimum Gasteiger partial charge on any atom is -0.466 e. The minimum absolute atomic E-state index is 0.251. The Bertz CT molecular complexity index is 231. The summed E-state index contributed by atoms with van der Waals surface area (Å²) in [6, 6.07) is -0.325. The Morgan fingerprint density at radius 2 is 1.76 bits per heavy atom. The first-order chi connectivity index (χ1) is 8.15. The van der Waals surface area contributed by atoms with Crippen LogP contribution in [0.15, 0.2) is 0 Å². The van der Waals surface area contributed by atoms with Gasteiger partial charge in [-0.1, -0.05) is 13.3 Å². The summed E-state index contributed by atoms with van der Waals surface area (Å²) in [5, 5.41) is 3.02. The van der Waals surface area contributed by atoms with Crippen molar-refractivity contribution in [2.45, 2.75) is 46.1 Å². The third-order valence-electron chi connectivity index (χ3n) is 2.17. The van der Waals surface area contributed by atoms with Gasteiger partial charge in [-0.25, -0.2) is 0 Å². The largest absolute Gasteiger partial charge is 0.466 e. The second-order valence-electron chi connectivity index (χ2n) is 3.60. The summed E-state index contributed by atoms with van der Waals surface area (Å²) < 4.78 is 9.74. The predicted octanol–water partition coefficient (Wildman–Crippen LogP) is 1.26. The van der Waals surface area contributed by atoms with Gasteiger partial charge in [-0.3, -0.25) is 9.59 Å². The molecule has 1 N–H and O–H groups in total. The third kappa shape index (κ3) is 7.74. The van der Waals surface area contributed by atoms with Crippen molar-refractivity contribution in [3.63, 3.8) is 0 Å². The van der Waals surface area contributed by atoms with Gasteiger partial charge < -0.3 is 14.8 Å². The fourth-order valence-electron chi connectivity index (χ4n) is 1.42. The topological polar surface area (TPSA) is 64.6 Å². The average molecular weight is 245 g/mol. The van der Waals surface area contributed by atoms with Crippen LogP contribution in [0.2, 0.25) is 0 Å². The van der Waals surface area contributed by atoms with Gasteiger partial charge in [-0.15, -0.1) is 0 Å². The molecule has 1 atom stereocenters. The Kier molecular flexibility index (Phi) is 9.43. The Hall–Kier alpha value is -1.10. The second-order valence-corrected chi connectivity index (χ2v) is 3.60. The summed E-state index contributed by atoms with van der Waals surface area (Å²) in [7, 11) is 0. The van der Waals surface area contributed by atoms with Crippen LogP contribution < -0.4 is 5.32 Å². The smallest absolute Gasteiger partial charge is 0.323 e. The van der Waals surface area contributed by atoms with E-state index in [1.807, 2.05) is 6.92 Å². The quantitative estimate of drug-likeness (QED) is 0.620. The van der Waals surface area contributed by atoms with Gasteiger partial charge in [0.1, 0.15) is 6.04 Å². The van der Waals surface area contributed by atoms with Gasteiger partial charge in [0.05, 0.1) is 19.6 Å². The van der Waals surface area contributed by atoms with E-state index < -0.39 is 0 Å². The standard InChI is InChI=1S/C12H23NO4/c1-4-7-10(12(15)17-6-3)13-9-8-11(14)16-5-2/h10,13H,4-9H2,1-3H3. The maximum Gasteiger partial charge on any atom is 0.323 e. The molecule has 100 valence electrons. The zero-order chi connectivity index (χ0) is 13.1. The Morgan fingerprint density at radius 3 is 2.29 bits per heavy atom. The molecule has 0 bridgehead atoms.